The molecule has 0 bridgehead atoms. The average molecular weight is 165 g/mol. The van der Waals surface area contributed by atoms with Crippen molar-refractivity contribution in [2.75, 3.05) is 12.4 Å². The zero-order valence-electron chi connectivity index (χ0n) is 7.67. The molecule has 0 amide bonds. The number of hydrogen-bond donors (Lipinski definition) is 1. The van der Waals surface area contributed by atoms with E-state index in [1.54, 1.807) is 0 Å². The number of nitrogens with one attached hydrogen (secondary N) is 1. The van der Waals surface area contributed by atoms with Crippen LogP contribution in [0.1, 0.15) is 25.5 Å². The molecule has 0 radical (unpaired) electrons. The van der Waals surface area contributed by atoms with E-state index < -0.39 is 0 Å². The highest BCUT2D eigenvalue weighted by atomic mass is 15.2. The SMILES string of the molecule is CCCCc1ccc(NC)nn1. The van der Waals surface area contributed by atoms with Gasteiger partial charge in [-0.25, -0.2) is 0 Å². The Bertz CT molecular complexity index is 218. The fraction of sp³-hybridized carbons (Fsp3) is 0.556. The minimum Gasteiger partial charge on any atom is -0.372 e. The van der Waals surface area contributed by atoms with Crippen molar-refractivity contribution in [2.24, 2.45) is 0 Å². The molecule has 66 valence electrons. The van der Waals surface area contributed by atoms with E-state index in [2.05, 4.69) is 22.4 Å². The van der Waals surface area contributed by atoms with Crippen LogP contribution in [0.15, 0.2) is 12.1 Å². The number of nitrogens with zero attached hydrogens (tertiary/aromatic N) is 2. The Balaban J connectivity index is 2.53. The Labute approximate surface area is 73.2 Å². The Kier molecular flexibility index (Phi) is 3.51. The van der Waals surface area contributed by atoms with Crippen molar-refractivity contribution in [3.05, 3.63) is 17.8 Å². The van der Waals surface area contributed by atoms with Gasteiger partial charge in [-0.05, 0) is 25.0 Å². The maximum atomic E-state index is 4.07. The van der Waals surface area contributed by atoms with Crippen molar-refractivity contribution < 1.29 is 0 Å². The van der Waals surface area contributed by atoms with Crippen LogP contribution in [0.25, 0.3) is 0 Å². The van der Waals surface area contributed by atoms with Crippen LogP contribution in [0, 0.1) is 0 Å². The third-order valence-electron chi connectivity index (χ3n) is 1.76. The van der Waals surface area contributed by atoms with Gasteiger partial charge >= 0.3 is 0 Å². The molecule has 0 saturated heterocycles. The fourth-order valence-electron chi connectivity index (χ4n) is 0.984. The summed E-state index contributed by atoms with van der Waals surface area (Å²) in [6.07, 6.45) is 3.43. The lowest BCUT2D eigenvalue weighted by Crippen LogP contribution is -1.97. The number of aromatic nitrogens is 2. The van der Waals surface area contributed by atoms with E-state index in [9.17, 15) is 0 Å². The minimum absolute atomic E-state index is 0.829. The maximum absolute atomic E-state index is 4.07. The normalized spacial score (nSPS) is 9.83. The molecule has 3 heteroatoms. The molecular weight excluding hydrogens is 150 g/mol. The van der Waals surface area contributed by atoms with Crippen LogP contribution in [0.5, 0.6) is 0 Å². The summed E-state index contributed by atoms with van der Waals surface area (Å²) in [4.78, 5) is 0. The van der Waals surface area contributed by atoms with Gasteiger partial charge < -0.3 is 5.32 Å². The molecule has 1 aromatic rings. The molecule has 0 aromatic carbocycles. The molecule has 1 rings (SSSR count). The lowest BCUT2D eigenvalue weighted by molar-refractivity contribution is 0.760. The summed E-state index contributed by atoms with van der Waals surface area (Å²) in [7, 11) is 1.84. The molecule has 12 heavy (non-hydrogen) atoms. The summed E-state index contributed by atoms with van der Waals surface area (Å²) in [5.74, 6) is 0.829. The van der Waals surface area contributed by atoms with Crippen LogP contribution in [0.2, 0.25) is 0 Å². The zero-order valence-corrected chi connectivity index (χ0v) is 7.67. The predicted octanol–water partition coefficient (Wildman–Crippen LogP) is 1.86. The van der Waals surface area contributed by atoms with E-state index in [0.29, 0.717) is 0 Å². The number of anilines is 1. The Morgan fingerprint density at radius 3 is 2.67 bits per heavy atom. The highest BCUT2D eigenvalue weighted by Crippen LogP contribution is 2.03. The third kappa shape index (κ3) is 2.49. The summed E-state index contributed by atoms with van der Waals surface area (Å²) in [5.41, 5.74) is 1.08. The Morgan fingerprint density at radius 2 is 2.17 bits per heavy atom. The van der Waals surface area contributed by atoms with E-state index in [4.69, 9.17) is 0 Å². The first-order chi connectivity index (χ1) is 5.86. The first-order valence-electron chi connectivity index (χ1n) is 4.37. The quantitative estimate of drug-likeness (QED) is 0.740. The highest BCUT2D eigenvalue weighted by molar-refractivity contribution is 5.31. The summed E-state index contributed by atoms with van der Waals surface area (Å²) < 4.78 is 0. The topological polar surface area (TPSA) is 37.8 Å². The van der Waals surface area contributed by atoms with Crippen molar-refractivity contribution >= 4 is 5.82 Å². The van der Waals surface area contributed by atoms with Gasteiger partial charge in [0.1, 0.15) is 5.82 Å². The summed E-state index contributed by atoms with van der Waals surface area (Å²) in [5, 5.41) is 11.0. The van der Waals surface area contributed by atoms with Gasteiger partial charge in [-0.1, -0.05) is 13.3 Å². The van der Waals surface area contributed by atoms with Crippen LogP contribution in [0.4, 0.5) is 5.82 Å². The van der Waals surface area contributed by atoms with Crippen molar-refractivity contribution in [1.29, 1.82) is 0 Å². The molecule has 1 heterocycles. The van der Waals surface area contributed by atoms with Gasteiger partial charge in [-0.3, -0.25) is 0 Å². The third-order valence-corrected chi connectivity index (χ3v) is 1.76. The van der Waals surface area contributed by atoms with Crippen LogP contribution in [-0.2, 0) is 6.42 Å². The lowest BCUT2D eigenvalue weighted by Gasteiger charge is -1.99. The summed E-state index contributed by atoms with van der Waals surface area (Å²) in [6.45, 7) is 2.18. The van der Waals surface area contributed by atoms with E-state index in [-0.39, 0.29) is 0 Å². The second kappa shape index (κ2) is 4.70. The lowest BCUT2D eigenvalue weighted by atomic mass is 10.2. The predicted molar refractivity (Wildman–Crippen MR) is 50.2 cm³/mol. The smallest absolute Gasteiger partial charge is 0.148 e. The van der Waals surface area contributed by atoms with Crippen LogP contribution >= 0.6 is 0 Å². The monoisotopic (exact) mass is 165 g/mol. The molecule has 1 N–H and O–H groups in total. The average Bonchev–Trinajstić information content (AvgIpc) is 2.15. The Hall–Kier alpha value is -1.12. The molecule has 0 unspecified atom stereocenters. The molecule has 0 aliphatic heterocycles. The van der Waals surface area contributed by atoms with Crippen molar-refractivity contribution in [1.82, 2.24) is 10.2 Å². The van der Waals surface area contributed by atoms with Crippen molar-refractivity contribution in [2.45, 2.75) is 26.2 Å². The van der Waals surface area contributed by atoms with Gasteiger partial charge in [0.15, 0.2) is 0 Å². The van der Waals surface area contributed by atoms with Crippen LogP contribution in [0.3, 0.4) is 0 Å². The summed E-state index contributed by atoms with van der Waals surface area (Å²) in [6, 6.07) is 3.98. The zero-order chi connectivity index (χ0) is 8.81. The number of aryl methyl sites for hydroxylation is 1. The Morgan fingerprint density at radius 1 is 1.33 bits per heavy atom. The minimum atomic E-state index is 0.829. The van der Waals surface area contributed by atoms with E-state index >= 15 is 0 Å². The number of unbranched alkanes of at least 4 members (excludes halogenated alkanes) is 1. The fourth-order valence-corrected chi connectivity index (χ4v) is 0.984. The van der Waals surface area contributed by atoms with Gasteiger partial charge in [0.05, 0.1) is 5.69 Å². The second-order valence-electron chi connectivity index (χ2n) is 2.76. The van der Waals surface area contributed by atoms with Gasteiger partial charge in [0.2, 0.25) is 0 Å². The standard InChI is InChI=1S/C9H15N3/c1-3-4-5-8-6-7-9(10-2)12-11-8/h6-7H,3-5H2,1-2H3,(H,10,12). The molecule has 0 aliphatic carbocycles. The number of rotatable bonds is 4. The van der Waals surface area contributed by atoms with Crippen molar-refractivity contribution in [3.63, 3.8) is 0 Å². The largest absolute Gasteiger partial charge is 0.372 e. The first kappa shape index (κ1) is 8.97. The molecule has 0 atom stereocenters. The van der Waals surface area contributed by atoms with Crippen LogP contribution < -0.4 is 5.32 Å². The van der Waals surface area contributed by atoms with Gasteiger partial charge in [-0.15, -0.1) is 5.10 Å². The van der Waals surface area contributed by atoms with Crippen molar-refractivity contribution in [3.8, 4) is 0 Å². The van der Waals surface area contributed by atoms with Gasteiger partial charge in [-0.2, -0.15) is 5.10 Å². The van der Waals surface area contributed by atoms with Gasteiger partial charge in [0.25, 0.3) is 0 Å². The second-order valence-corrected chi connectivity index (χ2v) is 2.76. The molecule has 0 fully saturated rings. The van der Waals surface area contributed by atoms with E-state index in [0.717, 1.165) is 17.9 Å². The highest BCUT2D eigenvalue weighted by Gasteiger charge is 1.94. The molecule has 0 aliphatic rings. The summed E-state index contributed by atoms with van der Waals surface area (Å²) >= 11 is 0. The first-order valence-corrected chi connectivity index (χ1v) is 4.37. The number of hydrogen-bond acceptors (Lipinski definition) is 3. The molecule has 0 saturated carbocycles. The molecule has 1 aromatic heterocycles. The molecule has 3 nitrogen and oxygen atoms in total. The maximum Gasteiger partial charge on any atom is 0.148 e. The molecule has 0 spiro atoms. The van der Waals surface area contributed by atoms with E-state index in [1.165, 1.54) is 12.8 Å². The van der Waals surface area contributed by atoms with Gasteiger partial charge in [0, 0.05) is 7.05 Å². The van der Waals surface area contributed by atoms with Crippen LogP contribution in [-0.4, -0.2) is 17.2 Å². The van der Waals surface area contributed by atoms with E-state index in [1.807, 2.05) is 19.2 Å². The molecular formula is C9H15N3.